The second-order valence-electron chi connectivity index (χ2n) is 3.89. The summed E-state index contributed by atoms with van der Waals surface area (Å²) < 4.78 is 0. The van der Waals surface area contributed by atoms with Gasteiger partial charge in [-0.1, -0.05) is 46.0 Å². The van der Waals surface area contributed by atoms with Crippen molar-refractivity contribution in [3.05, 3.63) is 0 Å². The molecular formula is C12H25NO2. The zero-order valence-corrected chi connectivity index (χ0v) is 10.2. The van der Waals surface area contributed by atoms with Crippen molar-refractivity contribution in [2.24, 2.45) is 0 Å². The monoisotopic (exact) mass is 215 g/mol. The average molecular weight is 215 g/mol. The van der Waals surface area contributed by atoms with Crippen LogP contribution in [0.15, 0.2) is 0 Å². The summed E-state index contributed by atoms with van der Waals surface area (Å²) in [7, 11) is 0. The smallest absolute Gasteiger partial charge is 0.324 e. The molecule has 0 aliphatic rings. The summed E-state index contributed by atoms with van der Waals surface area (Å²) in [5.74, 6) is -0.123. The third kappa shape index (κ3) is 11.4. The molecular weight excluding hydrogens is 190 g/mol. The third-order valence-corrected chi connectivity index (χ3v) is 2.30. The molecule has 0 fully saturated rings. The lowest BCUT2D eigenvalue weighted by molar-refractivity contribution is -0.151. The van der Waals surface area contributed by atoms with Gasteiger partial charge in [-0.3, -0.25) is 4.79 Å². The molecule has 0 unspecified atom stereocenters. The second kappa shape index (κ2) is 11.5. The van der Waals surface area contributed by atoms with Gasteiger partial charge in [0, 0.05) is 13.0 Å². The van der Waals surface area contributed by atoms with E-state index in [4.69, 9.17) is 4.84 Å². The zero-order chi connectivity index (χ0) is 11.4. The predicted molar refractivity (Wildman–Crippen MR) is 62.4 cm³/mol. The minimum Gasteiger partial charge on any atom is -0.371 e. The number of hydroxylamine groups is 1. The lowest BCUT2D eigenvalue weighted by atomic mass is 10.1. The molecule has 3 heteroatoms. The molecule has 15 heavy (non-hydrogen) atoms. The van der Waals surface area contributed by atoms with E-state index < -0.39 is 0 Å². The molecule has 0 aliphatic heterocycles. The molecule has 0 rings (SSSR count). The Morgan fingerprint density at radius 1 is 1.00 bits per heavy atom. The normalized spacial score (nSPS) is 10.3. The lowest BCUT2D eigenvalue weighted by Crippen LogP contribution is -2.20. The number of nitrogens with one attached hydrogen (secondary N) is 1. The van der Waals surface area contributed by atoms with Gasteiger partial charge < -0.3 is 4.84 Å². The summed E-state index contributed by atoms with van der Waals surface area (Å²) in [6, 6.07) is 0. The van der Waals surface area contributed by atoms with Crippen LogP contribution < -0.4 is 5.48 Å². The molecule has 90 valence electrons. The number of hydrogen-bond donors (Lipinski definition) is 1. The Labute approximate surface area is 93.5 Å². The van der Waals surface area contributed by atoms with E-state index in [0.717, 1.165) is 32.2 Å². The molecule has 3 nitrogen and oxygen atoms in total. The van der Waals surface area contributed by atoms with Crippen molar-refractivity contribution in [2.75, 3.05) is 6.54 Å². The molecule has 0 bridgehead atoms. The minimum absolute atomic E-state index is 0.123. The molecule has 0 aromatic carbocycles. The standard InChI is InChI=1S/C12H25NO2/c1-3-5-7-8-9-10-12(14)15-13-11-6-4-2/h13H,3-11H2,1-2H3. The number of rotatable bonds is 10. The SMILES string of the molecule is CCCCCCCC(=O)ONCCCC. The number of carbonyl (C=O) groups is 1. The molecule has 0 saturated heterocycles. The van der Waals surface area contributed by atoms with Crippen LogP contribution in [-0.4, -0.2) is 12.5 Å². The van der Waals surface area contributed by atoms with E-state index in [1.807, 2.05) is 0 Å². The first-order valence-electron chi connectivity index (χ1n) is 6.23. The summed E-state index contributed by atoms with van der Waals surface area (Å²) in [4.78, 5) is 16.0. The third-order valence-electron chi connectivity index (χ3n) is 2.30. The van der Waals surface area contributed by atoms with Gasteiger partial charge >= 0.3 is 5.97 Å². The Kier molecular flexibility index (Phi) is 11.1. The minimum atomic E-state index is -0.123. The van der Waals surface area contributed by atoms with Crippen LogP contribution in [0.3, 0.4) is 0 Å². The summed E-state index contributed by atoms with van der Waals surface area (Å²) in [5, 5.41) is 0. The van der Waals surface area contributed by atoms with Crippen LogP contribution in [0.4, 0.5) is 0 Å². The molecule has 0 heterocycles. The Morgan fingerprint density at radius 2 is 1.67 bits per heavy atom. The van der Waals surface area contributed by atoms with E-state index in [1.54, 1.807) is 0 Å². The molecule has 0 amide bonds. The molecule has 0 aromatic rings. The number of hydrogen-bond acceptors (Lipinski definition) is 3. The largest absolute Gasteiger partial charge is 0.371 e. The zero-order valence-electron chi connectivity index (χ0n) is 10.2. The fourth-order valence-corrected chi connectivity index (χ4v) is 1.30. The highest BCUT2D eigenvalue weighted by atomic mass is 16.7. The maximum absolute atomic E-state index is 11.2. The van der Waals surface area contributed by atoms with Crippen LogP contribution in [0.25, 0.3) is 0 Å². The van der Waals surface area contributed by atoms with Crippen LogP contribution >= 0.6 is 0 Å². The van der Waals surface area contributed by atoms with Crippen molar-refractivity contribution < 1.29 is 9.63 Å². The van der Waals surface area contributed by atoms with Crippen molar-refractivity contribution in [3.8, 4) is 0 Å². The van der Waals surface area contributed by atoms with Crippen LogP contribution in [0.5, 0.6) is 0 Å². The second-order valence-corrected chi connectivity index (χ2v) is 3.89. The molecule has 0 atom stereocenters. The van der Waals surface area contributed by atoms with Gasteiger partial charge in [0.2, 0.25) is 0 Å². The molecule has 0 aromatic heterocycles. The van der Waals surface area contributed by atoms with Crippen molar-refractivity contribution in [1.29, 1.82) is 0 Å². The molecule has 0 spiro atoms. The maximum atomic E-state index is 11.2. The Hall–Kier alpha value is -0.570. The van der Waals surface area contributed by atoms with Gasteiger partial charge in [0.1, 0.15) is 0 Å². The van der Waals surface area contributed by atoms with Gasteiger partial charge in [-0.2, -0.15) is 5.48 Å². The van der Waals surface area contributed by atoms with Crippen molar-refractivity contribution >= 4 is 5.97 Å². The fraction of sp³-hybridized carbons (Fsp3) is 0.917. The first kappa shape index (κ1) is 14.4. The van der Waals surface area contributed by atoms with Gasteiger partial charge in [0.05, 0.1) is 0 Å². The van der Waals surface area contributed by atoms with Crippen molar-refractivity contribution in [1.82, 2.24) is 5.48 Å². The van der Waals surface area contributed by atoms with Crippen LogP contribution in [-0.2, 0) is 9.63 Å². The van der Waals surface area contributed by atoms with Gasteiger partial charge in [-0.05, 0) is 12.8 Å². The van der Waals surface area contributed by atoms with Gasteiger partial charge in [0.15, 0.2) is 0 Å². The topological polar surface area (TPSA) is 38.3 Å². The van der Waals surface area contributed by atoms with E-state index in [9.17, 15) is 4.79 Å². The van der Waals surface area contributed by atoms with E-state index in [1.165, 1.54) is 19.3 Å². The van der Waals surface area contributed by atoms with Gasteiger partial charge in [-0.25, -0.2) is 0 Å². The molecule has 0 aliphatic carbocycles. The molecule has 0 radical (unpaired) electrons. The van der Waals surface area contributed by atoms with Gasteiger partial charge in [-0.15, -0.1) is 0 Å². The lowest BCUT2D eigenvalue weighted by Gasteiger charge is -2.04. The van der Waals surface area contributed by atoms with Gasteiger partial charge in [0.25, 0.3) is 0 Å². The molecule has 0 saturated carbocycles. The number of carbonyl (C=O) groups excluding carboxylic acids is 1. The van der Waals surface area contributed by atoms with Crippen LogP contribution in [0, 0.1) is 0 Å². The van der Waals surface area contributed by atoms with Crippen LogP contribution in [0.1, 0.15) is 65.2 Å². The summed E-state index contributed by atoms with van der Waals surface area (Å²) in [6.45, 7) is 5.06. The quantitative estimate of drug-likeness (QED) is 0.449. The first-order valence-corrected chi connectivity index (χ1v) is 6.23. The Bertz CT molecular complexity index is 149. The fourth-order valence-electron chi connectivity index (χ4n) is 1.30. The summed E-state index contributed by atoms with van der Waals surface area (Å²) in [5.41, 5.74) is 2.69. The Morgan fingerprint density at radius 3 is 2.33 bits per heavy atom. The van der Waals surface area contributed by atoms with Crippen molar-refractivity contribution in [2.45, 2.75) is 65.2 Å². The predicted octanol–water partition coefficient (Wildman–Crippen LogP) is 3.19. The van der Waals surface area contributed by atoms with E-state index in [2.05, 4.69) is 19.3 Å². The van der Waals surface area contributed by atoms with Crippen LogP contribution in [0.2, 0.25) is 0 Å². The maximum Gasteiger partial charge on any atom is 0.324 e. The van der Waals surface area contributed by atoms with E-state index >= 15 is 0 Å². The van der Waals surface area contributed by atoms with Crippen molar-refractivity contribution in [3.63, 3.8) is 0 Å². The molecule has 1 N–H and O–H groups in total. The number of unbranched alkanes of at least 4 members (excludes halogenated alkanes) is 5. The highest BCUT2D eigenvalue weighted by Crippen LogP contribution is 2.05. The highest BCUT2D eigenvalue weighted by molar-refractivity contribution is 5.68. The van der Waals surface area contributed by atoms with E-state index in [-0.39, 0.29) is 5.97 Å². The average Bonchev–Trinajstić information content (AvgIpc) is 2.24. The summed E-state index contributed by atoms with van der Waals surface area (Å²) >= 11 is 0. The first-order chi connectivity index (χ1) is 7.31. The highest BCUT2D eigenvalue weighted by Gasteiger charge is 2.01. The Balaban J connectivity index is 3.11. The summed E-state index contributed by atoms with van der Waals surface area (Å²) in [6.07, 6.45) is 8.53. The van der Waals surface area contributed by atoms with E-state index in [0.29, 0.717) is 6.42 Å².